The predicted octanol–water partition coefficient (Wildman–Crippen LogP) is 2.46. The summed E-state index contributed by atoms with van der Waals surface area (Å²) in [5, 5.41) is 3.82. The fourth-order valence-electron chi connectivity index (χ4n) is 1.17. The molecule has 1 N–H and O–H groups in total. The van der Waals surface area contributed by atoms with Crippen molar-refractivity contribution in [2.45, 2.75) is 13.5 Å². The Balaban J connectivity index is 2.89. The molecular formula is C10H14ClNO. The molecule has 1 aromatic rings. The molecule has 3 heteroatoms. The van der Waals surface area contributed by atoms with Crippen LogP contribution >= 0.6 is 11.6 Å². The zero-order valence-electron chi connectivity index (χ0n) is 7.93. The molecule has 0 heterocycles. The average molecular weight is 200 g/mol. The summed E-state index contributed by atoms with van der Waals surface area (Å²) in [5.74, 6) is 0.904. The number of hydrogen-bond donors (Lipinski definition) is 1. The van der Waals surface area contributed by atoms with Gasteiger partial charge in [-0.25, -0.2) is 0 Å². The standard InChI is InChI=1S/C10H14ClNO/c1-3-13-10-5-4-9(11)6-8(10)7-12-2/h4-6,12H,3,7H2,1-2H3. The smallest absolute Gasteiger partial charge is 0.123 e. The lowest BCUT2D eigenvalue weighted by molar-refractivity contribution is 0.336. The first-order valence-electron chi connectivity index (χ1n) is 4.33. The summed E-state index contributed by atoms with van der Waals surface area (Å²) in [7, 11) is 1.90. The number of hydrogen-bond acceptors (Lipinski definition) is 2. The summed E-state index contributed by atoms with van der Waals surface area (Å²) in [4.78, 5) is 0. The normalized spacial score (nSPS) is 10.1. The van der Waals surface area contributed by atoms with Crippen LogP contribution in [0.15, 0.2) is 18.2 Å². The van der Waals surface area contributed by atoms with Crippen molar-refractivity contribution in [2.24, 2.45) is 0 Å². The summed E-state index contributed by atoms with van der Waals surface area (Å²) in [6, 6.07) is 5.66. The van der Waals surface area contributed by atoms with Gasteiger partial charge < -0.3 is 10.1 Å². The van der Waals surface area contributed by atoms with Crippen molar-refractivity contribution in [3.63, 3.8) is 0 Å². The highest BCUT2D eigenvalue weighted by Crippen LogP contribution is 2.22. The minimum absolute atomic E-state index is 0.679. The van der Waals surface area contributed by atoms with Gasteiger partial charge in [-0.05, 0) is 32.2 Å². The SMILES string of the molecule is CCOc1ccc(Cl)cc1CNC. The second-order valence-corrected chi connectivity index (χ2v) is 3.15. The number of halogens is 1. The Morgan fingerprint density at radius 1 is 1.46 bits per heavy atom. The maximum atomic E-state index is 5.87. The molecule has 1 aromatic carbocycles. The molecule has 0 saturated heterocycles. The summed E-state index contributed by atoms with van der Waals surface area (Å²) in [5.41, 5.74) is 1.09. The van der Waals surface area contributed by atoms with Crippen LogP contribution in [0.4, 0.5) is 0 Å². The average Bonchev–Trinajstić information content (AvgIpc) is 2.10. The van der Waals surface area contributed by atoms with Gasteiger partial charge >= 0.3 is 0 Å². The second-order valence-electron chi connectivity index (χ2n) is 2.72. The third-order valence-corrected chi connectivity index (χ3v) is 1.92. The van der Waals surface area contributed by atoms with Crippen molar-refractivity contribution in [1.82, 2.24) is 5.32 Å². The van der Waals surface area contributed by atoms with Gasteiger partial charge in [0.2, 0.25) is 0 Å². The van der Waals surface area contributed by atoms with Crippen molar-refractivity contribution in [1.29, 1.82) is 0 Å². The predicted molar refractivity (Wildman–Crippen MR) is 55.4 cm³/mol. The highest BCUT2D eigenvalue weighted by molar-refractivity contribution is 6.30. The molecule has 72 valence electrons. The first-order valence-corrected chi connectivity index (χ1v) is 4.71. The molecule has 2 nitrogen and oxygen atoms in total. The van der Waals surface area contributed by atoms with Crippen LogP contribution in [0.1, 0.15) is 12.5 Å². The molecule has 0 amide bonds. The quantitative estimate of drug-likeness (QED) is 0.805. The van der Waals surface area contributed by atoms with Gasteiger partial charge in [0.25, 0.3) is 0 Å². The summed E-state index contributed by atoms with van der Waals surface area (Å²) in [6.45, 7) is 3.42. The number of rotatable bonds is 4. The van der Waals surface area contributed by atoms with E-state index in [9.17, 15) is 0 Å². The molecule has 0 bridgehead atoms. The van der Waals surface area contributed by atoms with Crippen molar-refractivity contribution in [3.05, 3.63) is 28.8 Å². The van der Waals surface area contributed by atoms with Crippen LogP contribution in [-0.4, -0.2) is 13.7 Å². The van der Waals surface area contributed by atoms with Crippen LogP contribution in [0.5, 0.6) is 5.75 Å². The highest BCUT2D eigenvalue weighted by Gasteiger charge is 2.02. The molecule has 0 fully saturated rings. The highest BCUT2D eigenvalue weighted by atomic mass is 35.5. The first-order chi connectivity index (χ1) is 6.27. The Labute approximate surface area is 83.9 Å². The Hall–Kier alpha value is -0.730. The van der Waals surface area contributed by atoms with Gasteiger partial charge in [0.1, 0.15) is 5.75 Å². The molecule has 0 radical (unpaired) electrons. The Morgan fingerprint density at radius 3 is 2.85 bits per heavy atom. The van der Waals surface area contributed by atoms with Crippen LogP contribution in [0.25, 0.3) is 0 Å². The molecule has 0 aliphatic carbocycles. The van der Waals surface area contributed by atoms with Crippen molar-refractivity contribution < 1.29 is 4.74 Å². The molecule has 1 rings (SSSR count). The van der Waals surface area contributed by atoms with E-state index >= 15 is 0 Å². The third kappa shape index (κ3) is 2.90. The zero-order chi connectivity index (χ0) is 9.68. The molecule has 13 heavy (non-hydrogen) atoms. The molecule has 0 unspecified atom stereocenters. The fraction of sp³-hybridized carbons (Fsp3) is 0.400. The van der Waals surface area contributed by atoms with E-state index in [-0.39, 0.29) is 0 Å². The maximum Gasteiger partial charge on any atom is 0.123 e. The maximum absolute atomic E-state index is 5.87. The third-order valence-electron chi connectivity index (χ3n) is 1.69. The minimum Gasteiger partial charge on any atom is -0.494 e. The van der Waals surface area contributed by atoms with Gasteiger partial charge in [-0.15, -0.1) is 0 Å². The van der Waals surface area contributed by atoms with E-state index in [0.29, 0.717) is 6.61 Å². The van der Waals surface area contributed by atoms with E-state index in [1.54, 1.807) is 0 Å². The molecule has 0 aliphatic heterocycles. The number of ether oxygens (including phenoxy) is 1. The summed E-state index contributed by atoms with van der Waals surface area (Å²) in [6.07, 6.45) is 0. The van der Waals surface area contributed by atoms with Gasteiger partial charge in [0.15, 0.2) is 0 Å². The number of nitrogens with one attached hydrogen (secondary N) is 1. The monoisotopic (exact) mass is 199 g/mol. The Bertz CT molecular complexity index is 276. The first kappa shape index (κ1) is 10.4. The molecule has 0 saturated carbocycles. The second kappa shape index (κ2) is 5.10. The lowest BCUT2D eigenvalue weighted by atomic mass is 10.2. The van der Waals surface area contributed by atoms with Crippen LogP contribution in [0.3, 0.4) is 0 Å². The lowest BCUT2D eigenvalue weighted by Crippen LogP contribution is -2.07. The van der Waals surface area contributed by atoms with Gasteiger partial charge in [-0.2, -0.15) is 0 Å². The van der Waals surface area contributed by atoms with E-state index in [0.717, 1.165) is 22.9 Å². The van der Waals surface area contributed by atoms with Crippen LogP contribution in [-0.2, 0) is 6.54 Å². The van der Waals surface area contributed by atoms with Crippen molar-refractivity contribution in [2.75, 3.05) is 13.7 Å². The van der Waals surface area contributed by atoms with Gasteiger partial charge in [0, 0.05) is 17.1 Å². The Kier molecular flexibility index (Phi) is 4.06. The Morgan fingerprint density at radius 2 is 2.23 bits per heavy atom. The molecule has 0 atom stereocenters. The topological polar surface area (TPSA) is 21.3 Å². The molecule has 0 aromatic heterocycles. The summed E-state index contributed by atoms with van der Waals surface area (Å²) >= 11 is 5.87. The largest absolute Gasteiger partial charge is 0.494 e. The molecule has 0 spiro atoms. The van der Waals surface area contributed by atoms with E-state index < -0.39 is 0 Å². The lowest BCUT2D eigenvalue weighted by Gasteiger charge is -2.09. The van der Waals surface area contributed by atoms with Gasteiger partial charge in [-0.3, -0.25) is 0 Å². The van der Waals surface area contributed by atoms with Crippen LogP contribution in [0, 0.1) is 0 Å². The van der Waals surface area contributed by atoms with E-state index in [4.69, 9.17) is 16.3 Å². The molecular weight excluding hydrogens is 186 g/mol. The minimum atomic E-state index is 0.679. The van der Waals surface area contributed by atoms with E-state index in [1.807, 2.05) is 32.2 Å². The fourth-order valence-corrected chi connectivity index (χ4v) is 1.37. The van der Waals surface area contributed by atoms with Gasteiger partial charge in [0.05, 0.1) is 6.61 Å². The van der Waals surface area contributed by atoms with Crippen LogP contribution < -0.4 is 10.1 Å². The van der Waals surface area contributed by atoms with Crippen molar-refractivity contribution in [3.8, 4) is 5.75 Å². The summed E-state index contributed by atoms with van der Waals surface area (Å²) < 4.78 is 5.45. The van der Waals surface area contributed by atoms with E-state index in [1.165, 1.54) is 0 Å². The number of benzene rings is 1. The zero-order valence-corrected chi connectivity index (χ0v) is 8.69. The van der Waals surface area contributed by atoms with Crippen LogP contribution in [0.2, 0.25) is 5.02 Å². The van der Waals surface area contributed by atoms with E-state index in [2.05, 4.69) is 5.32 Å². The molecule has 0 aliphatic rings. The van der Waals surface area contributed by atoms with Gasteiger partial charge in [-0.1, -0.05) is 11.6 Å². The van der Waals surface area contributed by atoms with Crippen molar-refractivity contribution >= 4 is 11.6 Å².